The van der Waals surface area contributed by atoms with Gasteiger partial charge in [-0.2, -0.15) is 0 Å². The van der Waals surface area contributed by atoms with Crippen molar-refractivity contribution in [3.05, 3.63) is 24.0 Å². The fourth-order valence-electron chi connectivity index (χ4n) is 3.44. The molecule has 0 unspecified atom stereocenters. The van der Waals surface area contributed by atoms with Crippen molar-refractivity contribution in [2.45, 2.75) is 51.5 Å². The van der Waals surface area contributed by atoms with Crippen molar-refractivity contribution >= 4 is 17.5 Å². The lowest BCUT2D eigenvalue weighted by molar-refractivity contribution is -0.139. The van der Waals surface area contributed by atoms with E-state index >= 15 is 0 Å². The number of nitrogens with zero attached hydrogens (tertiary/aromatic N) is 2. The Kier molecular flexibility index (Phi) is 4.41. The second-order valence-corrected chi connectivity index (χ2v) is 6.40. The monoisotopic (exact) mass is 301 g/mol. The Hall–Kier alpha value is -1.91. The molecule has 3 rings (SSSR count). The van der Waals surface area contributed by atoms with E-state index in [-0.39, 0.29) is 17.7 Å². The maximum Gasteiger partial charge on any atom is 0.229 e. The Labute approximate surface area is 131 Å². The number of anilines is 1. The van der Waals surface area contributed by atoms with Gasteiger partial charge in [0.15, 0.2) is 0 Å². The number of hydrogen-bond acceptors (Lipinski definition) is 3. The minimum absolute atomic E-state index is 0.00106. The average molecular weight is 301 g/mol. The number of amides is 2. The highest BCUT2D eigenvalue weighted by molar-refractivity contribution is 5.94. The first-order valence-electron chi connectivity index (χ1n) is 8.16. The van der Waals surface area contributed by atoms with Crippen LogP contribution in [0.2, 0.25) is 0 Å². The van der Waals surface area contributed by atoms with Crippen molar-refractivity contribution in [1.29, 1.82) is 0 Å². The Bertz CT molecular complexity index is 550. The average Bonchev–Trinajstić information content (AvgIpc) is 3.04. The molecule has 1 aromatic rings. The minimum Gasteiger partial charge on any atom is -0.339 e. The van der Waals surface area contributed by atoms with Crippen LogP contribution in [-0.4, -0.2) is 34.3 Å². The number of carbonyl (C=O) groups is 2. The third-order valence-corrected chi connectivity index (χ3v) is 4.76. The molecule has 0 spiro atoms. The number of aryl methyl sites for hydroxylation is 1. The Morgan fingerprint density at radius 1 is 1.27 bits per heavy atom. The molecular formula is C17H23N3O2. The van der Waals surface area contributed by atoms with Crippen molar-refractivity contribution in [2.24, 2.45) is 5.92 Å². The number of carbonyl (C=O) groups excluding carboxylic acids is 2. The van der Waals surface area contributed by atoms with Crippen LogP contribution in [0.1, 0.15) is 44.2 Å². The Balaban J connectivity index is 1.62. The standard InChI is InChI=1S/C17H23N3O2/c1-12-6-8-14(10-18-12)19-17(22)13-7-9-16(21)20(11-13)15-4-2-3-5-15/h6,8,10,13,15H,2-5,7,9,11H2,1H3,(H,19,22)/t13-/m1/s1. The van der Waals surface area contributed by atoms with Gasteiger partial charge >= 0.3 is 0 Å². The van der Waals surface area contributed by atoms with Crippen LogP contribution >= 0.6 is 0 Å². The van der Waals surface area contributed by atoms with Crippen LogP contribution in [0.15, 0.2) is 18.3 Å². The summed E-state index contributed by atoms with van der Waals surface area (Å²) in [5, 5.41) is 2.93. The molecule has 1 N–H and O–H groups in total. The molecule has 2 heterocycles. The SMILES string of the molecule is Cc1ccc(NC(=O)[C@@H]2CCC(=O)N(C3CCCC3)C2)cn1. The Morgan fingerprint density at radius 3 is 2.73 bits per heavy atom. The van der Waals surface area contributed by atoms with Gasteiger partial charge in [0.05, 0.1) is 17.8 Å². The topological polar surface area (TPSA) is 62.3 Å². The molecule has 2 aliphatic rings. The van der Waals surface area contributed by atoms with E-state index in [4.69, 9.17) is 0 Å². The van der Waals surface area contributed by atoms with Gasteiger partial charge in [-0.05, 0) is 38.3 Å². The summed E-state index contributed by atoms with van der Waals surface area (Å²) in [5.41, 5.74) is 1.65. The second kappa shape index (κ2) is 6.46. The van der Waals surface area contributed by atoms with Gasteiger partial charge in [0.1, 0.15) is 0 Å². The summed E-state index contributed by atoms with van der Waals surface area (Å²) < 4.78 is 0. The van der Waals surface area contributed by atoms with Gasteiger partial charge in [0.25, 0.3) is 0 Å². The van der Waals surface area contributed by atoms with E-state index in [1.807, 2.05) is 24.0 Å². The molecule has 1 saturated heterocycles. The zero-order valence-electron chi connectivity index (χ0n) is 13.0. The number of piperidine rings is 1. The van der Waals surface area contributed by atoms with Crippen molar-refractivity contribution in [1.82, 2.24) is 9.88 Å². The van der Waals surface area contributed by atoms with Crippen LogP contribution < -0.4 is 5.32 Å². The quantitative estimate of drug-likeness (QED) is 0.933. The molecule has 5 nitrogen and oxygen atoms in total. The summed E-state index contributed by atoms with van der Waals surface area (Å²) in [6.45, 7) is 2.48. The van der Waals surface area contributed by atoms with Gasteiger partial charge in [-0.1, -0.05) is 12.8 Å². The predicted molar refractivity (Wildman–Crippen MR) is 84.3 cm³/mol. The Morgan fingerprint density at radius 2 is 2.05 bits per heavy atom. The summed E-state index contributed by atoms with van der Waals surface area (Å²) in [7, 11) is 0. The van der Waals surface area contributed by atoms with Crippen LogP contribution in [-0.2, 0) is 9.59 Å². The van der Waals surface area contributed by atoms with Crippen molar-refractivity contribution in [3.8, 4) is 0 Å². The van der Waals surface area contributed by atoms with E-state index in [0.717, 1.165) is 24.2 Å². The van der Waals surface area contributed by atoms with Crippen molar-refractivity contribution < 1.29 is 9.59 Å². The van der Waals surface area contributed by atoms with Crippen LogP contribution in [0.5, 0.6) is 0 Å². The largest absolute Gasteiger partial charge is 0.339 e. The fourth-order valence-corrected chi connectivity index (χ4v) is 3.44. The summed E-state index contributed by atoms with van der Waals surface area (Å²) in [4.78, 5) is 30.7. The summed E-state index contributed by atoms with van der Waals surface area (Å²) in [6.07, 6.45) is 7.37. The van der Waals surface area contributed by atoms with Gasteiger partial charge in [0, 0.05) is 24.7 Å². The number of rotatable bonds is 3. The minimum atomic E-state index is -0.111. The maximum absolute atomic E-state index is 12.4. The van der Waals surface area contributed by atoms with Gasteiger partial charge in [0.2, 0.25) is 11.8 Å². The molecule has 0 bridgehead atoms. The van der Waals surface area contributed by atoms with E-state index < -0.39 is 0 Å². The molecule has 2 amide bonds. The van der Waals surface area contributed by atoms with Crippen LogP contribution in [0.3, 0.4) is 0 Å². The first-order valence-corrected chi connectivity index (χ1v) is 8.16. The van der Waals surface area contributed by atoms with E-state index in [2.05, 4.69) is 10.3 Å². The van der Waals surface area contributed by atoms with Gasteiger partial charge in [-0.25, -0.2) is 0 Å². The molecule has 1 aliphatic carbocycles. The molecule has 2 fully saturated rings. The van der Waals surface area contributed by atoms with Gasteiger partial charge in [-0.3, -0.25) is 14.6 Å². The molecule has 0 radical (unpaired) electrons. The van der Waals surface area contributed by atoms with E-state index in [9.17, 15) is 9.59 Å². The number of aromatic nitrogens is 1. The molecule has 1 saturated carbocycles. The molecule has 118 valence electrons. The van der Waals surface area contributed by atoms with Crippen LogP contribution in [0.4, 0.5) is 5.69 Å². The summed E-state index contributed by atoms with van der Waals surface area (Å²) >= 11 is 0. The highest BCUT2D eigenvalue weighted by Crippen LogP contribution is 2.29. The third-order valence-electron chi connectivity index (χ3n) is 4.76. The molecule has 0 aromatic carbocycles. The lowest BCUT2D eigenvalue weighted by Crippen LogP contribution is -2.48. The number of pyridine rings is 1. The molecule has 22 heavy (non-hydrogen) atoms. The van der Waals surface area contributed by atoms with E-state index in [1.165, 1.54) is 12.8 Å². The zero-order valence-corrected chi connectivity index (χ0v) is 13.0. The predicted octanol–water partition coefficient (Wildman–Crippen LogP) is 2.51. The van der Waals surface area contributed by atoms with Gasteiger partial charge < -0.3 is 10.2 Å². The smallest absolute Gasteiger partial charge is 0.229 e. The maximum atomic E-state index is 12.4. The molecule has 1 atom stereocenters. The van der Waals surface area contributed by atoms with E-state index in [1.54, 1.807) is 6.20 Å². The van der Waals surface area contributed by atoms with E-state index in [0.29, 0.717) is 25.4 Å². The summed E-state index contributed by atoms with van der Waals surface area (Å²) in [5.74, 6) is 0.105. The molecule has 5 heteroatoms. The number of nitrogens with one attached hydrogen (secondary N) is 1. The van der Waals surface area contributed by atoms with Crippen LogP contribution in [0, 0.1) is 12.8 Å². The molecular weight excluding hydrogens is 278 g/mol. The lowest BCUT2D eigenvalue weighted by atomic mass is 9.95. The fraction of sp³-hybridized carbons (Fsp3) is 0.588. The first kappa shape index (κ1) is 15.0. The highest BCUT2D eigenvalue weighted by Gasteiger charge is 2.35. The second-order valence-electron chi connectivity index (χ2n) is 6.40. The zero-order chi connectivity index (χ0) is 15.5. The molecule has 1 aromatic heterocycles. The molecule has 1 aliphatic heterocycles. The highest BCUT2D eigenvalue weighted by atomic mass is 16.2. The van der Waals surface area contributed by atoms with Crippen LogP contribution in [0.25, 0.3) is 0 Å². The number of likely N-dealkylation sites (tertiary alicyclic amines) is 1. The lowest BCUT2D eigenvalue weighted by Gasteiger charge is -2.36. The van der Waals surface area contributed by atoms with Gasteiger partial charge in [-0.15, -0.1) is 0 Å². The van der Waals surface area contributed by atoms with Crippen molar-refractivity contribution in [3.63, 3.8) is 0 Å². The third kappa shape index (κ3) is 3.29. The normalized spacial score (nSPS) is 22.9. The first-order chi connectivity index (χ1) is 10.6. The number of hydrogen-bond donors (Lipinski definition) is 1. The summed E-state index contributed by atoms with van der Waals surface area (Å²) in [6, 6.07) is 4.09. The van der Waals surface area contributed by atoms with Crippen molar-refractivity contribution in [2.75, 3.05) is 11.9 Å².